The Morgan fingerprint density at radius 2 is 2.11 bits per heavy atom. The summed E-state index contributed by atoms with van der Waals surface area (Å²) in [5.41, 5.74) is 7.40. The van der Waals surface area contributed by atoms with Crippen LogP contribution in [0, 0.1) is 5.92 Å². The molecule has 0 aliphatic heterocycles. The number of hydrogen-bond donors (Lipinski definition) is 1. The summed E-state index contributed by atoms with van der Waals surface area (Å²) in [7, 11) is 0. The summed E-state index contributed by atoms with van der Waals surface area (Å²) in [5.74, 6) is 2.58. The van der Waals surface area contributed by atoms with Crippen LogP contribution in [0.25, 0.3) is 0 Å². The van der Waals surface area contributed by atoms with Crippen molar-refractivity contribution < 1.29 is 4.52 Å². The van der Waals surface area contributed by atoms with Crippen molar-refractivity contribution in [1.82, 2.24) is 10.1 Å². The minimum Gasteiger partial charge on any atom is -0.338 e. The van der Waals surface area contributed by atoms with E-state index in [9.17, 15) is 0 Å². The molecule has 2 aromatic rings. The number of nitrogens with two attached hydrogens (primary N) is 1. The van der Waals surface area contributed by atoms with Crippen LogP contribution in [0.3, 0.4) is 0 Å². The zero-order chi connectivity index (χ0) is 13.2. The van der Waals surface area contributed by atoms with Crippen LogP contribution >= 0.6 is 0 Å². The van der Waals surface area contributed by atoms with Gasteiger partial charge in [0.05, 0.1) is 6.04 Å². The van der Waals surface area contributed by atoms with Crippen molar-refractivity contribution >= 4 is 0 Å². The third-order valence-electron chi connectivity index (χ3n) is 3.80. The van der Waals surface area contributed by atoms with Crippen LogP contribution in [0.5, 0.6) is 0 Å². The molecular weight excluding hydrogens is 238 g/mol. The van der Waals surface area contributed by atoms with Gasteiger partial charge in [-0.3, -0.25) is 0 Å². The number of aromatic nitrogens is 2. The predicted octanol–water partition coefficient (Wildman–Crippen LogP) is 2.83. The smallest absolute Gasteiger partial charge is 0.243 e. The van der Waals surface area contributed by atoms with Crippen molar-refractivity contribution in [1.29, 1.82) is 0 Å². The van der Waals surface area contributed by atoms with Gasteiger partial charge in [0.15, 0.2) is 5.82 Å². The highest BCUT2D eigenvalue weighted by Gasteiger charge is 2.38. The molecule has 0 amide bonds. The topological polar surface area (TPSA) is 64.9 Å². The van der Waals surface area contributed by atoms with Gasteiger partial charge in [0.2, 0.25) is 5.89 Å². The van der Waals surface area contributed by atoms with Gasteiger partial charge in [-0.1, -0.05) is 42.4 Å². The van der Waals surface area contributed by atoms with Crippen molar-refractivity contribution in [2.45, 2.75) is 38.1 Å². The van der Waals surface area contributed by atoms with E-state index in [1.807, 2.05) is 18.2 Å². The van der Waals surface area contributed by atoms with Crippen molar-refractivity contribution in [3.8, 4) is 0 Å². The van der Waals surface area contributed by atoms with E-state index >= 15 is 0 Å². The molecule has 3 atom stereocenters. The molecule has 100 valence electrons. The van der Waals surface area contributed by atoms with Gasteiger partial charge >= 0.3 is 0 Å². The molecule has 3 rings (SSSR count). The highest BCUT2D eigenvalue weighted by atomic mass is 16.5. The third kappa shape index (κ3) is 2.84. The molecular formula is C15H19N3O. The second-order valence-corrected chi connectivity index (χ2v) is 5.44. The number of hydrogen-bond acceptors (Lipinski definition) is 4. The van der Waals surface area contributed by atoms with Gasteiger partial charge in [0.25, 0.3) is 0 Å². The molecule has 2 unspecified atom stereocenters. The molecule has 2 N–H and O–H groups in total. The second-order valence-electron chi connectivity index (χ2n) is 5.44. The van der Waals surface area contributed by atoms with E-state index in [2.05, 4.69) is 29.2 Å². The van der Waals surface area contributed by atoms with E-state index in [4.69, 9.17) is 10.3 Å². The Morgan fingerprint density at radius 1 is 1.37 bits per heavy atom. The lowest BCUT2D eigenvalue weighted by atomic mass is 10.1. The summed E-state index contributed by atoms with van der Waals surface area (Å²) in [6.45, 7) is 2.20. The molecule has 1 heterocycles. The molecule has 19 heavy (non-hydrogen) atoms. The molecule has 4 nitrogen and oxygen atoms in total. The molecule has 1 aliphatic carbocycles. The lowest BCUT2D eigenvalue weighted by molar-refractivity contribution is 0.345. The molecule has 4 heteroatoms. The van der Waals surface area contributed by atoms with Crippen LogP contribution in [-0.2, 0) is 6.42 Å². The Labute approximate surface area is 113 Å². The van der Waals surface area contributed by atoms with Crippen LogP contribution in [0.15, 0.2) is 34.9 Å². The maximum Gasteiger partial charge on any atom is 0.243 e. The van der Waals surface area contributed by atoms with Crippen LogP contribution in [0.1, 0.15) is 49.0 Å². The first-order chi connectivity index (χ1) is 9.24. The molecule has 0 radical (unpaired) electrons. The molecule has 1 aromatic heterocycles. The fourth-order valence-corrected chi connectivity index (χ4v) is 2.32. The van der Waals surface area contributed by atoms with Crippen LogP contribution in [0.4, 0.5) is 0 Å². The van der Waals surface area contributed by atoms with Gasteiger partial charge in [-0.25, -0.2) is 0 Å². The molecule has 0 saturated heterocycles. The molecule has 0 spiro atoms. The van der Waals surface area contributed by atoms with Crippen molar-refractivity contribution in [3.05, 3.63) is 47.6 Å². The Hall–Kier alpha value is -1.68. The number of rotatable bonds is 5. The van der Waals surface area contributed by atoms with E-state index in [0.29, 0.717) is 17.7 Å². The fourth-order valence-electron chi connectivity index (χ4n) is 2.32. The van der Waals surface area contributed by atoms with E-state index in [0.717, 1.165) is 25.1 Å². The minimum atomic E-state index is -0.171. The first kappa shape index (κ1) is 12.4. The van der Waals surface area contributed by atoms with Crippen LogP contribution < -0.4 is 5.73 Å². The average molecular weight is 257 g/mol. The summed E-state index contributed by atoms with van der Waals surface area (Å²) in [6.07, 6.45) is 2.92. The Morgan fingerprint density at radius 3 is 2.79 bits per heavy atom. The van der Waals surface area contributed by atoms with Gasteiger partial charge in [-0.2, -0.15) is 4.98 Å². The maximum atomic E-state index is 6.12. The summed E-state index contributed by atoms with van der Waals surface area (Å²) >= 11 is 0. The van der Waals surface area contributed by atoms with Gasteiger partial charge in [0, 0.05) is 5.92 Å². The van der Waals surface area contributed by atoms with Crippen LogP contribution in [-0.4, -0.2) is 10.1 Å². The summed E-state index contributed by atoms with van der Waals surface area (Å²) < 4.78 is 5.28. The van der Waals surface area contributed by atoms with Gasteiger partial charge in [-0.15, -0.1) is 0 Å². The standard InChI is InChI=1S/C15H19N3O/c1-10-9-12(10)14-17-15(19-18-14)13(16)8-7-11-5-3-2-4-6-11/h2-6,10,12-13H,7-9,16H2,1H3/t10?,12?,13-/m0/s1. The first-order valence-corrected chi connectivity index (χ1v) is 6.87. The number of benzene rings is 1. The maximum absolute atomic E-state index is 6.12. The number of aryl methyl sites for hydroxylation is 1. The fraction of sp³-hybridized carbons (Fsp3) is 0.467. The molecule has 1 fully saturated rings. The van der Waals surface area contributed by atoms with Gasteiger partial charge in [-0.05, 0) is 30.7 Å². The molecule has 0 bridgehead atoms. The van der Waals surface area contributed by atoms with Gasteiger partial charge < -0.3 is 10.3 Å². The Balaban J connectivity index is 1.58. The average Bonchev–Trinajstić information content (AvgIpc) is 2.98. The van der Waals surface area contributed by atoms with E-state index in [1.165, 1.54) is 5.56 Å². The lowest BCUT2D eigenvalue weighted by Crippen LogP contribution is -2.11. The first-order valence-electron chi connectivity index (χ1n) is 6.87. The van der Waals surface area contributed by atoms with Crippen molar-refractivity contribution in [2.75, 3.05) is 0 Å². The van der Waals surface area contributed by atoms with Gasteiger partial charge in [0.1, 0.15) is 0 Å². The summed E-state index contributed by atoms with van der Waals surface area (Å²) in [6, 6.07) is 10.1. The lowest BCUT2D eigenvalue weighted by Gasteiger charge is -2.06. The third-order valence-corrected chi connectivity index (χ3v) is 3.80. The summed E-state index contributed by atoms with van der Waals surface area (Å²) in [4.78, 5) is 4.43. The van der Waals surface area contributed by atoms with E-state index in [1.54, 1.807) is 0 Å². The van der Waals surface area contributed by atoms with E-state index < -0.39 is 0 Å². The second kappa shape index (κ2) is 5.13. The zero-order valence-electron chi connectivity index (χ0n) is 11.1. The minimum absolute atomic E-state index is 0.171. The van der Waals surface area contributed by atoms with Crippen LogP contribution in [0.2, 0.25) is 0 Å². The largest absolute Gasteiger partial charge is 0.338 e. The quantitative estimate of drug-likeness (QED) is 0.894. The molecule has 1 aromatic carbocycles. The molecule has 1 saturated carbocycles. The number of nitrogens with zero attached hydrogens (tertiary/aromatic N) is 2. The van der Waals surface area contributed by atoms with E-state index in [-0.39, 0.29) is 6.04 Å². The molecule has 1 aliphatic rings. The monoisotopic (exact) mass is 257 g/mol. The normalized spacial score (nSPS) is 23.3. The zero-order valence-corrected chi connectivity index (χ0v) is 11.1. The van der Waals surface area contributed by atoms with Crippen molar-refractivity contribution in [2.24, 2.45) is 11.7 Å². The summed E-state index contributed by atoms with van der Waals surface area (Å²) in [5, 5.41) is 4.04. The predicted molar refractivity (Wildman–Crippen MR) is 72.5 cm³/mol. The highest BCUT2D eigenvalue weighted by molar-refractivity contribution is 5.15. The van der Waals surface area contributed by atoms with Crippen molar-refractivity contribution in [3.63, 3.8) is 0 Å². The Bertz CT molecular complexity index is 537. The SMILES string of the molecule is CC1CC1c1noc([C@@H](N)CCc2ccccc2)n1. The Kier molecular flexibility index (Phi) is 3.34. The highest BCUT2D eigenvalue weighted by Crippen LogP contribution is 2.45.